The van der Waals surface area contributed by atoms with E-state index in [0.29, 0.717) is 10.7 Å². The minimum Gasteiger partial charge on any atom is -0.399 e. The van der Waals surface area contributed by atoms with E-state index in [4.69, 9.17) is 22.1 Å². The van der Waals surface area contributed by atoms with Gasteiger partial charge in [0.2, 0.25) is 0 Å². The first kappa shape index (κ1) is 13.1. The maximum atomic E-state index is 6.03. The normalized spacial score (nSPS) is 10.4. The zero-order chi connectivity index (χ0) is 11.8. The highest BCUT2D eigenvalue weighted by molar-refractivity contribution is 6.33. The fourth-order valence-electron chi connectivity index (χ4n) is 1.45. The van der Waals surface area contributed by atoms with Crippen LogP contribution in [0.25, 0.3) is 0 Å². The molecule has 0 unspecified atom stereocenters. The van der Waals surface area contributed by atoms with E-state index in [-0.39, 0.29) is 0 Å². The van der Waals surface area contributed by atoms with Crippen LogP contribution in [0.15, 0.2) is 18.2 Å². The van der Waals surface area contributed by atoms with Gasteiger partial charge in [-0.2, -0.15) is 0 Å². The predicted octanol–water partition coefficient (Wildman–Crippen LogP) is 3.15. The van der Waals surface area contributed by atoms with Gasteiger partial charge >= 0.3 is 0 Å². The molecule has 0 aliphatic rings. The highest BCUT2D eigenvalue weighted by Crippen LogP contribution is 2.23. The monoisotopic (exact) mass is 242 g/mol. The summed E-state index contributed by atoms with van der Waals surface area (Å²) >= 11 is 6.03. The number of methoxy groups -OCH3 is 1. The largest absolute Gasteiger partial charge is 0.399 e. The average Bonchev–Trinajstić information content (AvgIpc) is 2.26. The Kier molecular flexibility index (Phi) is 6.04. The third-order valence-corrected chi connectivity index (χ3v) is 2.65. The minimum atomic E-state index is 0.678. The number of unbranched alkanes of at least 4 members (excludes halogenated alkanes) is 2. The zero-order valence-corrected chi connectivity index (χ0v) is 10.4. The number of halogens is 1. The maximum absolute atomic E-state index is 6.03. The van der Waals surface area contributed by atoms with Crippen LogP contribution in [0.3, 0.4) is 0 Å². The smallest absolute Gasteiger partial charge is 0.0657 e. The van der Waals surface area contributed by atoms with Gasteiger partial charge in [-0.1, -0.05) is 11.6 Å². The number of hydrogen-bond donors (Lipinski definition) is 2. The lowest BCUT2D eigenvalue weighted by Gasteiger charge is -2.08. The Hall–Kier alpha value is -0.930. The number of benzene rings is 1. The van der Waals surface area contributed by atoms with E-state index in [9.17, 15) is 0 Å². The molecule has 90 valence electrons. The third-order valence-electron chi connectivity index (χ3n) is 2.33. The molecule has 0 spiro atoms. The Labute approximate surface area is 102 Å². The molecule has 1 rings (SSSR count). The van der Waals surface area contributed by atoms with E-state index < -0.39 is 0 Å². The molecule has 1 aromatic rings. The van der Waals surface area contributed by atoms with Gasteiger partial charge in [0, 0.05) is 25.9 Å². The number of hydrogen-bond acceptors (Lipinski definition) is 3. The summed E-state index contributed by atoms with van der Waals surface area (Å²) < 4.78 is 4.98. The summed E-state index contributed by atoms with van der Waals surface area (Å²) in [6, 6.07) is 5.51. The Balaban J connectivity index is 2.21. The molecule has 0 bridgehead atoms. The molecule has 0 atom stereocenters. The molecule has 3 N–H and O–H groups in total. The second-order valence-electron chi connectivity index (χ2n) is 3.72. The summed E-state index contributed by atoms with van der Waals surface area (Å²) in [7, 11) is 1.73. The molecule has 0 radical (unpaired) electrons. The van der Waals surface area contributed by atoms with Gasteiger partial charge in [-0.05, 0) is 37.5 Å². The third kappa shape index (κ3) is 4.73. The van der Waals surface area contributed by atoms with Gasteiger partial charge in [0.15, 0.2) is 0 Å². The summed E-state index contributed by atoms with van der Waals surface area (Å²) in [5, 5.41) is 3.97. The molecule has 0 heterocycles. The first-order valence-corrected chi connectivity index (χ1v) is 5.89. The molecule has 16 heavy (non-hydrogen) atoms. The highest BCUT2D eigenvalue weighted by Gasteiger charge is 1.99. The minimum absolute atomic E-state index is 0.678. The second-order valence-corrected chi connectivity index (χ2v) is 4.13. The molecule has 3 nitrogen and oxygen atoms in total. The van der Waals surface area contributed by atoms with E-state index in [1.54, 1.807) is 13.2 Å². The van der Waals surface area contributed by atoms with Crippen molar-refractivity contribution in [3.63, 3.8) is 0 Å². The Bertz CT molecular complexity index is 318. The Morgan fingerprint density at radius 1 is 1.31 bits per heavy atom. The van der Waals surface area contributed by atoms with Gasteiger partial charge in [-0.25, -0.2) is 0 Å². The summed E-state index contributed by atoms with van der Waals surface area (Å²) in [6.45, 7) is 1.76. The van der Waals surface area contributed by atoms with Crippen molar-refractivity contribution in [2.75, 3.05) is 31.3 Å². The lowest BCUT2D eigenvalue weighted by molar-refractivity contribution is 0.192. The first-order chi connectivity index (χ1) is 7.74. The van der Waals surface area contributed by atoms with E-state index >= 15 is 0 Å². The molecule has 4 heteroatoms. The fourth-order valence-corrected chi connectivity index (χ4v) is 1.70. The molecule has 0 fully saturated rings. The number of rotatable bonds is 7. The average molecular weight is 243 g/mol. The van der Waals surface area contributed by atoms with E-state index in [0.717, 1.165) is 38.1 Å². The molecule has 0 saturated carbocycles. The molecule has 1 aromatic carbocycles. The number of nitrogens with one attached hydrogen (secondary N) is 1. The number of nitrogen functional groups attached to an aromatic ring is 1. The zero-order valence-electron chi connectivity index (χ0n) is 9.63. The molecule has 0 saturated heterocycles. The topological polar surface area (TPSA) is 47.3 Å². The van der Waals surface area contributed by atoms with Crippen LogP contribution >= 0.6 is 11.6 Å². The van der Waals surface area contributed by atoms with Gasteiger partial charge in [-0.3, -0.25) is 0 Å². The summed E-state index contributed by atoms with van der Waals surface area (Å²) in [4.78, 5) is 0. The van der Waals surface area contributed by atoms with Gasteiger partial charge in [0.25, 0.3) is 0 Å². The summed E-state index contributed by atoms with van der Waals surface area (Å²) in [6.07, 6.45) is 3.38. The van der Waals surface area contributed by atoms with Crippen molar-refractivity contribution < 1.29 is 4.74 Å². The first-order valence-electron chi connectivity index (χ1n) is 5.52. The van der Waals surface area contributed by atoms with Crippen LogP contribution in [-0.4, -0.2) is 20.3 Å². The fraction of sp³-hybridized carbons (Fsp3) is 0.500. The van der Waals surface area contributed by atoms with Crippen LogP contribution in [0.1, 0.15) is 19.3 Å². The van der Waals surface area contributed by atoms with E-state index in [2.05, 4.69) is 5.32 Å². The molecule has 0 aliphatic carbocycles. The molecule has 0 aliphatic heterocycles. The standard InChI is InChI=1S/C12H19ClN2O/c1-16-8-4-2-3-7-15-12-6-5-10(14)9-11(12)13/h5-6,9,15H,2-4,7-8,14H2,1H3. The van der Waals surface area contributed by atoms with Crippen LogP contribution < -0.4 is 11.1 Å². The number of ether oxygens (including phenoxy) is 1. The van der Waals surface area contributed by atoms with Crippen LogP contribution in [0.4, 0.5) is 11.4 Å². The van der Waals surface area contributed by atoms with Crippen molar-refractivity contribution in [2.45, 2.75) is 19.3 Å². The second kappa shape index (κ2) is 7.36. The van der Waals surface area contributed by atoms with Crippen molar-refractivity contribution in [2.24, 2.45) is 0 Å². The predicted molar refractivity (Wildman–Crippen MR) is 70.1 cm³/mol. The molecule has 0 amide bonds. The quantitative estimate of drug-likeness (QED) is 0.570. The lowest BCUT2D eigenvalue weighted by atomic mass is 10.2. The number of anilines is 2. The van der Waals surface area contributed by atoms with Crippen molar-refractivity contribution in [1.29, 1.82) is 0 Å². The summed E-state index contributed by atoms with van der Waals surface area (Å²) in [5.74, 6) is 0. The molecule has 0 aromatic heterocycles. The lowest BCUT2D eigenvalue weighted by Crippen LogP contribution is -2.02. The number of nitrogens with two attached hydrogens (primary N) is 1. The van der Waals surface area contributed by atoms with Crippen LogP contribution in [0.2, 0.25) is 5.02 Å². The SMILES string of the molecule is COCCCCCNc1ccc(N)cc1Cl. The highest BCUT2D eigenvalue weighted by atomic mass is 35.5. The van der Waals surface area contributed by atoms with Crippen molar-refractivity contribution in [1.82, 2.24) is 0 Å². The maximum Gasteiger partial charge on any atom is 0.0657 e. The molecular formula is C12H19ClN2O. The van der Waals surface area contributed by atoms with Gasteiger partial charge in [-0.15, -0.1) is 0 Å². The Morgan fingerprint density at radius 3 is 2.81 bits per heavy atom. The van der Waals surface area contributed by atoms with E-state index in [1.165, 1.54) is 0 Å². The van der Waals surface area contributed by atoms with Crippen molar-refractivity contribution >= 4 is 23.0 Å². The van der Waals surface area contributed by atoms with Crippen molar-refractivity contribution in [3.8, 4) is 0 Å². The Morgan fingerprint density at radius 2 is 2.12 bits per heavy atom. The van der Waals surface area contributed by atoms with Gasteiger partial charge < -0.3 is 15.8 Å². The van der Waals surface area contributed by atoms with Crippen LogP contribution in [0.5, 0.6) is 0 Å². The van der Waals surface area contributed by atoms with Crippen LogP contribution in [0, 0.1) is 0 Å². The van der Waals surface area contributed by atoms with Gasteiger partial charge in [0.05, 0.1) is 10.7 Å². The molecular weight excluding hydrogens is 224 g/mol. The van der Waals surface area contributed by atoms with Gasteiger partial charge in [0.1, 0.15) is 0 Å². The van der Waals surface area contributed by atoms with E-state index in [1.807, 2.05) is 12.1 Å². The summed E-state index contributed by atoms with van der Waals surface area (Å²) in [5.41, 5.74) is 7.25. The van der Waals surface area contributed by atoms with Crippen LogP contribution in [-0.2, 0) is 4.74 Å². The van der Waals surface area contributed by atoms with Crippen molar-refractivity contribution in [3.05, 3.63) is 23.2 Å².